The fourth-order valence-corrected chi connectivity index (χ4v) is 1.80. The molecule has 0 spiro atoms. The average Bonchev–Trinajstić information content (AvgIpc) is 2.52. The van der Waals surface area contributed by atoms with Crippen LogP contribution in [-0.2, 0) is 6.54 Å². The molecule has 0 radical (unpaired) electrons. The summed E-state index contributed by atoms with van der Waals surface area (Å²) < 4.78 is 1.86. The van der Waals surface area contributed by atoms with Crippen LogP contribution in [0.25, 0.3) is 11.0 Å². The van der Waals surface area contributed by atoms with Crippen molar-refractivity contribution in [1.82, 2.24) is 14.5 Å². The quantitative estimate of drug-likeness (QED) is 0.844. The third-order valence-corrected chi connectivity index (χ3v) is 2.58. The summed E-state index contributed by atoms with van der Waals surface area (Å²) in [7, 11) is 0. The Morgan fingerprint density at radius 2 is 2.20 bits per heavy atom. The summed E-state index contributed by atoms with van der Waals surface area (Å²) in [6.45, 7) is 0.795. The first-order chi connectivity index (χ1) is 7.22. The lowest BCUT2D eigenvalue weighted by molar-refractivity contribution is 0.280. The van der Waals surface area contributed by atoms with E-state index in [1.807, 2.05) is 4.57 Å². The number of aryl methyl sites for hydroxylation is 1. The maximum Gasteiger partial charge on any atom is 0.224 e. The summed E-state index contributed by atoms with van der Waals surface area (Å²) in [6.07, 6.45) is 4.02. The molecule has 4 nitrogen and oxygen atoms in total. The van der Waals surface area contributed by atoms with Crippen molar-refractivity contribution in [2.75, 3.05) is 6.61 Å². The highest BCUT2D eigenvalue weighted by molar-refractivity contribution is 6.35. The van der Waals surface area contributed by atoms with Gasteiger partial charge in [0.25, 0.3) is 0 Å². The molecule has 2 aromatic heterocycles. The van der Waals surface area contributed by atoms with Gasteiger partial charge in [-0.1, -0.05) is 11.6 Å². The van der Waals surface area contributed by atoms with Crippen molar-refractivity contribution in [3.63, 3.8) is 0 Å². The highest BCUT2D eigenvalue weighted by Crippen LogP contribution is 2.24. The van der Waals surface area contributed by atoms with Crippen LogP contribution in [0.1, 0.15) is 6.42 Å². The molecule has 2 rings (SSSR count). The van der Waals surface area contributed by atoms with E-state index in [1.54, 1.807) is 12.4 Å². The summed E-state index contributed by atoms with van der Waals surface area (Å²) in [4.78, 5) is 7.97. The number of hydrogen-bond donors (Lipinski definition) is 1. The van der Waals surface area contributed by atoms with Gasteiger partial charge in [0, 0.05) is 25.5 Å². The Kier molecular flexibility index (Phi) is 3.09. The number of aliphatic hydroxyl groups is 1. The highest BCUT2D eigenvalue weighted by atomic mass is 35.5. The standard InChI is InChI=1S/C9H9Cl2N3O/c10-7-5-14(2-1-3-15)8-6(7)4-12-9(11)13-8/h4-5,15H,1-3H2. The normalized spacial score (nSPS) is 11.1. The largest absolute Gasteiger partial charge is 0.396 e. The molecular formula is C9H9Cl2N3O. The van der Waals surface area contributed by atoms with E-state index in [2.05, 4.69) is 9.97 Å². The molecule has 2 aromatic rings. The van der Waals surface area contributed by atoms with Crippen LogP contribution >= 0.6 is 23.2 Å². The number of hydrogen-bond acceptors (Lipinski definition) is 3. The molecule has 6 heteroatoms. The zero-order valence-corrected chi connectivity index (χ0v) is 9.33. The zero-order valence-electron chi connectivity index (χ0n) is 7.82. The van der Waals surface area contributed by atoms with Gasteiger partial charge in [0.05, 0.1) is 10.4 Å². The van der Waals surface area contributed by atoms with E-state index in [0.29, 0.717) is 23.6 Å². The Bertz CT molecular complexity index is 483. The lowest BCUT2D eigenvalue weighted by Crippen LogP contribution is -1.99. The van der Waals surface area contributed by atoms with Crippen LogP contribution in [0.3, 0.4) is 0 Å². The fourth-order valence-electron chi connectivity index (χ4n) is 1.42. The van der Waals surface area contributed by atoms with Gasteiger partial charge in [-0.15, -0.1) is 0 Å². The number of nitrogens with zero attached hydrogens (tertiary/aromatic N) is 3. The highest BCUT2D eigenvalue weighted by Gasteiger charge is 2.08. The Balaban J connectivity index is 2.49. The van der Waals surface area contributed by atoms with Crippen molar-refractivity contribution in [3.8, 4) is 0 Å². The van der Waals surface area contributed by atoms with Crippen LogP contribution in [0, 0.1) is 0 Å². The maximum atomic E-state index is 8.76. The molecule has 0 aliphatic heterocycles. The molecule has 1 N–H and O–H groups in total. The van der Waals surface area contributed by atoms with Gasteiger partial charge >= 0.3 is 0 Å². The van der Waals surface area contributed by atoms with E-state index in [4.69, 9.17) is 28.3 Å². The minimum Gasteiger partial charge on any atom is -0.396 e. The van der Waals surface area contributed by atoms with Crippen molar-refractivity contribution >= 4 is 34.2 Å². The summed E-state index contributed by atoms with van der Waals surface area (Å²) in [5, 5.41) is 10.3. The number of aliphatic hydroxyl groups excluding tert-OH is 1. The van der Waals surface area contributed by atoms with E-state index < -0.39 is 0 Å². The van der Waals surface area contributed by atoms with Crippen molar-refractivity contribution < 1.29 is 5.11 Å². The molecule has 0 saturated carbocycles. The van der Waals surface area contributed by atoms with Gasteiger partial charge in [-0.25, -0.2) is 4.98 Å². The second kappa shape index (κ2) is 4.35. The molecule has 0 bridgehead atoms. The second-order valence-electron chi connectivity index (χ2n) is 3.12. The van der Waals surface area contributed by atoms with Gasteiger partial charge in [0.15, 0.2) is 0 Å². The predicted molar refractivity (Wildman–Crippen MR) is 59.3 cm³/mol. The lowest BCUT2D eigenvalue weighted by atomic mass is 10.4. The lowest BCUT2D eigenvalue weighted by Gasteiger charge is -2.01. The average molecular weight is 246 g/mol. The first kappa shape index (κ1) is 10.7. The van der Waals surface area contributed by atoms with Gasteiger partial charge in [0.1, 0.15) is 5.65 Å². The molecule has 0 amide bonds. The Morgan fingerprint density at radius 3 is 2.93 bits per heavy atom. The molecular weight excluding hydrogens is 237 g/mol. The van der Waals surface area contributed by atoms with E-state index in [0.717, 1.165) is 5.39 Å². The molecule has 0 aliphatic carbocycles. The minimum absolute atomic E-state index is 0.135. The zero-order chi connectivity index (χ0) is 10.8. The van der Waals surface area contributed by atoms with Gasteiger partial charge in [-0.3, -0.25) is 0 Å². The van der Waals surface area contributed by atoms with E-state index in [-0.39, 0.29) is 11.9 Å². The number of rotatable bonds is 3. The topological polar surface area (TPSA) is 50.9 Å². The number of halogens is 2. The minimum atomic E-state index is 0.135. The maximum absolute atomic E-state index is 8.76. The molecule has 0 aromatic carbocycles. The SMILES string of the molecule is OCCCn1cc(Cl)c2cnc(Cl)nc21. The second-order valence-corrected chi connectivity index (χ2v) is 3.87. The smallest absolute Gasteiger partial charge is 0.224 e. The van der Waals surface area contributed by atoms with Gasteiger partial charge in [-0.05, 0) is 18.0 Å². The molecule has 0 unspecified atom stereocenters. The van der Waals surface area contributed by atoms with Crippen LogP contribution < -0.4 is 0 Å². The molecule has 0 atom stereocenters. The van der Waals surface area contributed by atoms with Crippen molar-refractivity contribution in [1.29, 1.82) is 0 Å². The Hall–Kier alpha value is -0.840. The van der Waals surface area contributed by atoms with Crippen molar-refractivity contribution in [2.24, 2.45) is 0 Å². The summed E-state index contributed by atoms with van der Waals surface area (Å²) in [6, 6.07) is 0. The van der Waals surface area contributed by atoms with Crippen LogP contribution in [0.2, 0.25) is 10.3 Å². The third kappa shape index (κ3) is 2.07. The van der Waals surface area contributed by atoms with Crippen LogP contribution in [0.5, 0.6) is 0 Å². The number of fused-ring (bicyclic) bond motifs is 1. The van der Waals surface area contributed by atoms with Crippen LogP contribution in [0.4, 0.5) is 0 Å². The number of aromatic nitrogens is 3. The van der Waals surface area contributed by atoms with Gasteiger partial charge in [0.2, 0.25) is 5.28 Å². The molecule has 0 fully saturated rings. The Morgan fingerprint density at radius 1 is 1.40 bits per heavy atom. The molecule has 80 valence electrons. The first-order valence-electron chi connectivity index (χ1n) is 4.50. The van der Waals surface area contributed by atoms with E-state index in [1.165, 1.54) is 0 Å². The molecule has 0 saturated heterocycles. The Labute approximate surface area is 96.5 Å². The van der Waals surface area contributed by atoms with Crippen LogP contribution in [0.15, 0.2) is 12.4 Å². The summed E-state index contributed by atoms with van der Waals surface area (Å²) in [5.74, 6) is 0. The molecule has 2 heterocycles. The van der Waals surface area contributed by atoms with E-state index in [9.17, 15) is 0 Å². The van der Waals surface area contributed by atoms with E-state index >= 15 is 0 Å². The monoisotopic (exact) mass is 245 g/mol. The predicted octanol–water partition coefficient (Wildman–Crippen LogP) is 2.12. The fraction of sp³-hybridized carbons (Fsp3) is 0.333. The molecule has 0 aliphatic rings. The van der Waals surface area contributed by atoms with Crippen LogP contribution in [-0.4, -0.2) is 26.2 Å². The van der Waals surface area contributed by atoms with Crippen molar-refractivity contribution in [3.05, 3.63) is 22.7 Å². The third-order valence-electron chi connectivity index (χ3n) is 2.09. The summed E-state index contributed by atoms with van der Waals surface area (Å²) in [5.41, 5.74) is 0.702. The van der Waals surface area contributed by atoms with Gasteiger partial charge in [-0.2, -0.15) is 4.98 Å². The van der Waals surface area contributed by atoms with Gasteiger partial charge < -0.3 is 9.67 Å². The first-order valence-corrected chi connectivity index (χ1v) is 5.25. The molecule has 15 heavy (non-hydrogen) atoms. The van der Waals surface area contributed by atoms with Crippen molar-refractivity contribution in [2.45, 2.75) is 13.0 Å². The summed E-state index contributed by atoms with van der Waals surface area (Å²) >= 11 is 11.7.